The average Bonchev–Trinajstić information content (AvgIpc) is 2.71. The lowest BCUT2D eigenvalue weighted by Gasteiger charge is -2.09. The van der Waals surface area contributed by atoms with Gasteiger partial charge in [-0.15, -0.1) is 0 Å². The number of nitrogens with zero attached hydrogens (tertiary/aromatic N) is 3. The van der Waals surface area contributed by atoms with Crippen molar-refractivity contribution in [2.45, 2.75) is 0 Å². The molecule has 3 aromatic rings. The maximum Gasteiger partial charge on any atom is 0.335 e. The Morgan fingerprint density at radius 2 is 1.87 bits per heavy atom. The minimum atomic E-state index is -0.952. The van der Waals surface area contributed by atoms with Crippen molar-refractivity contribution in [2.75, 3.05) is 0 Å². The summed E-state index contributed by atoms with van der Waals surface area (Å²) in [5, 5.41) is 25.3. The van der Waals surface area contributed by atoms with Gasteiger partial charge in [0.2, 0.25) is 5.88 Å². The highest BCUT2D eigenvalue weighted by molar-refractivity contribution is 6.30. The molecule has 30 heavy (non-hydrogen) atoms. The summed E-state index contributed by atoms with van der Waals surface area (Å²) in [6, 6.07) is 11.1. The summed E-state index contributed by atoms with van der Waals surface area (Å²) in [5.74, 6) is -1.63. The molecule has 0 saturated heterocycles. The van der Waals surface area contributed by atoms with Gasteiger partial charge in [-0.1, -0.05) is 23.7 Å². The number of carbonyl (C=O) groups excluding carboxylic acids is 1. The predicted octanol–water partition coefficient (Wildman–Crippen LogP) is 1.56. The van der Waals surface area contributed by atoms with Crippen molar-refractivity contribution in [1.29, 1.82) is 0 Å². The number of H-pyrrole nitrogens is 1. The van der Waals surface area contributed by atoms with Crippen molar-refractivity contribution in [3.8, 4) is 11.6 Å². The highest BCUT2D eigenvalue weighted by Crippen LogP contribution is 2.18. The van der Waals surface area contributed by atoms with Gasteiger partial charge in [0.15, 0.2) is 0 Å². The van der Waals surface area contributed by atoms with E-state index in [1.807, 2.05) is 10.4 Å². The van der Waals surface area contributed by atoms with Crippen molar-refractivity contribution >= 4 is 29.4 Å². The Balaban J connectivity index is 1.93. The van der Waals surface area contributed by atoms with Gasteiger partial charge in [-0.2, -0.15) is 5.10 Å². The molecule has 0 saturated carbocycles. The smallest absolute Gasteiger partial charge is 0.335 e. The normalized spacial score (nSPS) is 10.8. The van der Waals surface area contributed by atoms with E-state index in [2.05, 4.69) is 5.10 Å². The molecule has 3 rings (SSSR count). The van der Waals surface area contributed by atoms with E-state index in [0.717, 1.165) is 16.8 Å². The molecule has 11 nitrogen and oxygen atoms in total. The van der Waals surface area contributed by atoms with E-state index in [0.29, 0.717) is 5.02 Å². The Bertz CT molecular complexity index is 1280. The van der Waals surface area contributed by atoms with Gasteiger partial charge in [0.1, 0.15) is 11.1 Å². The molecule has 0 atom stereocenters. The number of rotatable bonds is 5. The van der Waals surface area contributed by atoms with Gasteiger partial charge < -0.3 is 5.11 Å². The van der Waals surface area contributed by atoms with Gasteiger partial charge in [-0.05, 0) is 30.3 Å². The summed E-state index contributed by atoms with van der Waals surface area (Å²) in [4.78, 5) is 48.6. The quantitative estimate of drug-likeness (QED) is 0.317. The fraction of sp³-hybridized carbons (Fsp3) is 0. The van der Waals surface area contributed by atoms with Crippen molar-refractivity contribution in [1.82, 2.24) is 15.0 Å². The van der Waals surface area contributed by atoms with Crippen LogP contribution in [0.15, 0.2) is 63.2 Å². The van der Waals surface area contributed by atoms with Crippen LogP contribution < -0.4 is 16.7 Å². The molecule has 0 spiro atoms. The lowest BCUT2D eigenvalue weighted by Crippen LogP contribution is -2.31. The second-order valence-electron chi connectivity index (χ2n) is 5.78. The summed E-state index contributed by atoms with van der Waals surface area (Å²) < 4.78 is 0.808. The number of para-hydroxylation sites is 1. The van der Waals surface area contributed by atoms with E-state index in [1.54, 1.807) is 0 Å². The van der Waals surface area contributed by atoms with Gasteiger partial charge in [0.05, 0.1) is 16.8 Å². The first kappa shape index (κ1) is 20.5. The number of hydrogen-bond donors (Lipinski definition) is 3. The zero-order valence-electron chi connectivity index (χ0n) is 14.9. The molecular weight excluding hydrogens is 418 g/mol. The van der Waals surface area contributed by atoms with E-state index in [1.165, 1.54) is 42.5 Å². The van der Waals surface area contributed by atoms with Crippen LogP contribution in [0.1, 0.15) is 15.9 Å². The second-order valence-corrected chi connectivity index (χ2v) is 6.22. The number of aromatic hydroxyl groups is 1. The average molecular weight is 430 g/mol. The number of hydrazone groups is 1. The Morgan fingerprint density at radius 3 is 2.53 bits per heavy atom. The number of nitro groups is 1. The van der Waals surface area contributed by atoms with Crippen LogP contribution in [0, 0.1) is 10.1 Å². The number of carbonyl (C=O) groups is 1. The lowest BCUT2D eigenvalue weighted by molar-refractivity contribution is -0.385. The van der Waals surface area contributed by atoms with E-state index >= 15 is 0 Å². The predicted molar refractivity (Wildman–Crippen MR) is 107 cm³/mol. The van der Waals surface area contributed by atoms with E-state index in [4.69, 9.17) is 11.6 Å². The Hall–Kier alpha value is -4.25. The fourth-order valence-corrected chi connectivity index (χ4v) is 2.65. The largest absolute Gasteiger partial charge is 0.493 e. The molecule has 1 amide bonds. The molecule has 3 N–H and O–H groups in total. The Morgan fingerprint density at radius 1 is 1.20 bits per heavy atom. The maximum absolute atomic E-state index is 12.2. The van der Waals surface area contributed by atoms with Gasteiger partial charge in [0.25, 0.3) is 17.2 Å². The van der Waals surface area contributed by atoms with E-state index in [9.17, 15) is 29.6 Å². The van der Waals surface area contributed by atoms with Gasteiger partial charge in [-0.25, -0.2) is 14.8 Å². The number of hydrogen-bond acceptors (Lipinski definition) is 7. The molecule has 1 aromatic heterocycles. The van der Waals surface area contributed by atoms with Crippen molar-refractivity contribution < 1.29 is 14.8 Å². The van der Waals surface area contributed by atoms with Crippen molar-refractivity contribution in [3.05, 3.63) is 95.6 Å². The molecular formula is C18H12ClN5O6. The van der Waals surface area contributed by atoms with Crippen LogP contribution in [0.5, 0.6) is 5.88 Å². The number of nitro benzene ring substituents is 1. The van der Waals surface area contributed by atoms with Gasteiger partial charge >= 0.3 is 5.69 Å². The molecule has 12 heteroatoms. The summed E-state index contributed by atoms with van der Waals surface area (Å²) in [7, 11) is 0. The minimum absolute atomic E-state index is 0.219. The molecule has 0 unspecified atom stereocenters. The van der Waals surface area contributed by atoms with Crippen LogP contribution in [0.3, 0.4) is 0 Å². The maximum atomic E-state index is 12.2. The fourth-order valence-electron chi connectivity index (χ4n) is 2.53. The highest BCUT2D eigenvalue weighted by Gasteiger charge is 2.19. The zero-order chi connectivity index (χ0) is 21.8. The van der Waals surface area contributed by atoms with Crippen LogP contribution >= 0.6 is 11.6 Å². The lowest BCUT2D eigenvalue weighted by atomic mass is 10.2. The van der Waals surface area contributed by atoms with E-state index in [-0.39, 0.29) is 11.3 Å². The monoisotopic (exact) mass is 429 g/mol. The van der Waals surface area contributed by atoms with Crippen LogP contribution in [-0.4, -0.2) is 31.7 Å². The number of aromatic amines is 1. The number of aromatic nitrogens is 2. The Kier molecular flexibility index (Phi) is 5.74. The molecule has 0 bridgehead atoms. The molecule has 0 aliphatic heterocycles. The zero-order valence-corrected chi connectivity index (χ0v) is 15.7. The highest BCUT2D eigenvalue weighted by atomic mass is 35.5. The number of amides is 1. The van der Waals surface area contributed by atoms with Crippen molar-refractivity contribution in [3.63, 3.8) is 0 Å². The summed E-state index contributed by atoms with van der Waals surface area (Å²) in [5.41, 5.74) is -0.698. The third kappa shape index (κ3) is 4.10. The SMILES string of the molecule is O=C(N/N=C/c1c(O)n(-c2ccc(Cl)cc2)c(=O)[nH]c1=O)c1ccccc1[N+](=O)[O-]. The molecule has 2 aromatic carbocycles. The Labute approximate surface area is 172 Å². The van der Waals surface area contributed by atoms with Crippen LogP contribution in [0.4, 0.5) is 5.69 Å². The molecule has 0 aliphatic carbocycles. The van der Waals surface area contributed by atoms with Crippen LogP contribution in [-0.2, 0) is 0 Å². The standard InChI is InChI=1S/C18H12ClN5O6/c19-10-5-7-11(8-6-10)23-17(27)13(15(25)21-18(23)28)9-20-22-16(26)12-3-1-2-4-14(12)24(29)30/h1-9,27H,(H,22,26)(H,21,25,28)/b20-9+. The molecule has 0 aliphatic rings. The minimum Gasteiger partial charge on any atom is -0.493 e. The first-order valence-electron chi connectivity index (χ1n) is 8.20. The first-order valence-corrected chi connectivity index (χ1v) is 8.58. The van der Waals surface area contributed by atoms with Gasteiger partial charge in [0, 0.05) is 11.1 Å². The number of nitrogens with one attached hydrogen (secondary N) is 2. The molecule has 1 heterocycles. The third-order valence-corrected chi connectivity index (χ3v) is 4.16. The second kappa shape index (κ2) is 8.41. The number of halogens is 1. The molecule has 152 valence electrons. The number of benzene rings is 2. The summed E-state index contributed by atoms with van der Waals surface area (Å²) in [6.45, 7) is 0. The summed E-state index contributed by atoms with van der Waals surface area (Å²) >= 11 is 5.80. The van der Waals surface area contributed by atoms with E-state index < -0.39 is 39.2 Å². The third-order valence-electron chi connectivity index (χ3n) is 3.91. The topological polar surface area (TPSA) is 160 Å². The first-order chi connectivity index (χ1) is 14.3. The van der Waals surface area contributed by atoms with Crippen molar-refractivity contribution in [2.24, 2.45) is 5.10 Å². The van der Waals surface area contributed by atoms with Crippen LogP contribution in [0.2, 0.25) is 5.02 Å². The molecule has 0 fully saturated rings. The van der Waals surface area contributed by atoms with Crippen LogP contribution in [0.25, 0.3) is 5.69 Å². The molecule has 0 radical (unpaired) electrons. The van der Waals surface area contributed by atoms with Gasteiger partial charge in [-0.3, -0.25) is 24.7 Å². The summed E-state index contributed by atoms with van der Waals surface area (Å²) in [6.07, 6.45) is 0.812.